The SMILES string of the molecule is C[B]c1ccc(Oc2ccc(CNC(=O)C3(NC(=O)c4cncnc4)CC3)cc2)c(Cl)c1. The van der Waals surface area contributed by atoms with E-state index >= 15 is 0 Å². The Morgan fingerprint density at radius 1 is 1.12 bits per heavy atom. The van der Waals surface area contributed by atoms with E-state index in [1.165, 1.54) is 18.7 Å². The third-order valence-corrected chi connectivity index (χ3v) is 5.55. The summed E-state index contributed by atoms with van der Waals surface area (Å²) in [6, 6.07) is 13.0. The normalized spacial score (nSPS) is 13.7. The first-order valence-electron chi connectivity index (χ1n) is 10.2. The fraction of sp³-hybridized carbons (Fsp3) is 0.217. The van der Waals surface area contributed by atoms with Gasteiger partial charge in [0.25, 0.3) is 5.91 Å². The van der Waals surface area contributed by atoms with Gasteiger partial charge in [-0.05, 0) is 42.7 Å². The molecule has 0 bridgehead atoms. The number of ether oxygens (including phenoxy) is 1. The molecule has 1 radical (unpaired) electrons. The Morgan fingerprint density at radius 3 is 2.47 bits per heavy atom. The smallest absolute Gasteiger partial charge is 0.255 e. The van der Waals surface area contributed by atoms with Crippen molar-refractivity contribution in [3.63, 3.8) is 0 Å². The molecule has 9 heteroatoms. The summed E-state index contributed by atoms with van der Waals surface area (Å²) in [6.07, 6.45) is 5.39. The van der Waals surface area contributed by atoms with Crippen LogP contribution < -0.4 is 20.8 Å². The summed E-state index contributed by atoms with van der Waals surface area (Å²) in [5.74, 6) is 0.658. The number of amides is 2. The van der Waals surface area contributed by atoms with Crippen LogP contribution in [0.2, 0.25) is 11.8 Å². The van der Waals surface area contributed by atoms with E-state index in [0.29, 0.717) is 41.5 Å². The first kappa shape index (κ1) is 21.8. The highest BCUT2D eigenvalue weighted by Gasteiger charge is 2.51. The Morgan fingerprint density at radius 2 is 1.84 bits per heavy atom. The Kier molecular flexibility index (Phi) is 6.41. The summed E-state index contributed by atoms with van der Waals surface area (Å²) in [6.45, 7) is 2.29. The zero-order valence-electron chi connectivity index (χ0n) is 17.5. The van der Waals surface area contributed by atoms with Crippen molar-refractivity contribution in [3.8, 4) is 11.5 Å². The minimum Gasteiger partial charge on any atom is -0.456 e. The van der Waals surface area contributed by atoms with Crippen LogP contribution in [-0.4, -0.2) is 34.6 Å². The van der Waals surface area contributed by atoms with E-state index in [0.717, 1.165) is 11.0 Å². The van der Waals surface area contributed by atoms with E-state index in [1.54, 1.807) is 0 Å². The molecule has 1 saturated carbocycles. The van der Waals surface area contributed by atoms with E-state index in [1.807, 2.05) is 56.6 Å². The van der Waals surface area contributed by atoms with Crippen molar-refractivity contribution in [1.82, 2.24) is 20.6 Å². The van der Waals surface area contributed by atoms with E-state index in [-0.39, 0.29) is 11.8 Å². The summed E-state index contributed by atoms with van der Waals surface area (Å²) in [5.41, 5.74) is 1.39. The highest BCUT2D eigenvalue weighted by Crippen LogP contribution is 2.36. The summed E-state index contributed by atoms with van der Waals surface area (Å²) in [4.78, 5) is 32.7. The first-order chi connectivity index (χ1) is 15.5. The molecule has 0 spiro atoms. The van der Waals surface area contributed by atoms with E-state index < -0.39 is 5.54 Å². The van der Waals surface area contributed by atoms with Crippen molar-refractivity contribution in [1.29, 1.82) is 0 Å². The third kappa shape index (κ3) is 5.08. The summed E-state index contributed by atoms with van der Waals surface area (Å²) in [5, 5.41) is 6.24. The van der Waals surface area contributed by atoms with Crippen LogP contribution in [0.15, 0.2) is 61.2 Å². The molecule has 1 fully saturated rings. The molecule has 1 aliphatic rings. The maximum atomic E-state index is 12.7. The third-order valence-electron chi connectivity index (χ3n) is 5.25. The van der Waals surface area contributed by atoms with E-state index in [9.17, 15) is 9.59 Å². The molecule has 1 aromatic heterocycles. The maximum absolute atomic E-state index is 12.7. The molecule has 2 N–H and O–H groups in total. The topological polar surface area (TPSA) is 93.2 Å². The Labute approximate surface area is 191 Å². The molecule has 2 amide bonds. The van der Waals surface area contributed by atoms with Crippen molar-refractivity contribution < 1.29 is 14.3 Å². The number of nitrogens with one attached hydrogen (secondary N) is 2. The second-order valence-electron chi connectivity index (χ2n) is 7.57. The van der Waals surface area contributed by atoms with Crippen molar-refractivity contribution in [3.05, 3.63) is 77.3 Å². The highest BCUT2D eigenvalue weighted by atomic mass is 35.5. The fourth-order valence-corrected chi connectivity index (χ4v) is 3.40. The van der Waals surface area contributed by atoms with Gasteiger partial charge in [-0.25, -0.2) is 9.97 Å². The minimum atomic E-state index is -0.866. The Balaban J connectivity index is 1.31. The van der Waals surface area contributed by atoms with Crippen LogP contribution in [0.3, 0.4) is 0 Å². The molecule has 4 rings (SSSR count). The lowest BCUT2D eigenvalue weighted by Crippen LogP contribution is -2.48. The standard InChI is InChI=1S/C23H21BClN4O3/c1-24-17-4-7-20(19(25)10-17)32-18-5-2-15(3-6-18)11-28-22(31)23(8-9-23)29-21(30)16-12-26-14-27-13-16/h2-7,10,12-14H,8-9,11H2,1H3,(H,28,31)(H,29,30). The Bertz CT molecular complexity index is 1120. The van der Waals surface area contributed by atoms with Crippen molar-refractivity contribution in [2.24, 2.45) is 0 Å². The number of halogens is 1. The molecule has 1 aliphatic carbocycles. The predicted molar refractivity (Wildman–Crippen MR) is 123 cm³/mol. The first-order valence-corrected chi connectivity index (χ1v) is 10.6. The predicted octanol–water partition coefficient (Wildman–Crippen LogP) is 2.88. The maximum Gasteiger partial charge on any atom is 0.255 e. The largest absolute Gasteiger partial charge is 0.456 e. The number of benzene rings is 2. The summed E-state index contributed by atoms with van der Waals surface area (Å²) >= 11 is 6.27. The van der Waals surface area contributed by atoms with Gasteiger partial charge < -0.3 is 15.4 Å². The zero-order valence-corrected chi connectivity index (χ0v) is 18.2. The number of rotatable bonds is 8. The lowest BCUT2D eigenvalue weighted by Gasteiger charge is -2.17. The Hall–Kier alpha value is -3.39. The van der Waals surface area contributed by atoms with Gasteiger partial charge in [-0.2, -0.15) is 0 Å². The van der Waals surface area contributed by atoms with Gasteiger partial charge in [-0.3, -0.25) is 9.59 Å². The molecule has 161 valence electrons. The highest BCUT2D eigenvalue weighted by molar-refractivity contribution is 6.52. The molecule has 0 aliphatic heterocycles. The van der Waals surface area contributed by atoms with Crippen molar-refractivity contribution in [2.45, 2.75) is 31.7 Å². The van der Waals surface area contributed by atoms with E-state index in [4.69, 9.17) is 16.3 Å². The lowest BCUT2D eigenvalue weighted by molar-refractivity contribution is -0.124. The van der Waals surface area contributed by atoms with Crippen LogP contribution in [-0.2, 0) is 11.3 Å². The van der Waals surface area contributed by atoms with Gasteiger partial charge >= 0.3 is 0 Å². The molecule has 0 saturated heterocycles. The van der Waals surface area contributed by atoms with Gasteiger partial charge in [-0.1, -0.05) is 42.1 Å². The number of nitrogens with zero attached hydrogens (tertiary/aromatic N) is 2. The molecule has 3 aromatic rings. The monoisotopic (exact) mass is 447 g/mol. The van der Waals surface area contributed by atoms with Crippen LogP contribution in [0.1, 0.15) is 28.8 Å². The van der Waals surface area contributed by atoms with Crippen LogP contribution >= 0.6 is 11.6 Å². The van der Waals surface area contributed by atoms with Gasteiger partial charge in [0, 0.05) is 18.9 Å². The lowest BCUT2D eigenvalue weighted by atomic mass is 9.73. The van der Waals surface area contributed by atoms with Gasteiger partial charge in [0.15, 0.2) is 0 Å². The van der Waals surface area contributed by atoms with Crippen LogP contribution in [0.25, 0.3) is 0 Å². The molecule has 7 nitrogen and oxygen atoms in total. The molecule has 2 aromatic carbocycles. The molecular formula is C23H21BClN4O3. The average molecular weight is 448 g/mol. The van der Waals surface area contributed by atoms with Crippen LogP contribution in [0, 0.1) is 0 Å². The summed E-state index contributed by atoms with van der Waals surface area (Å²) in [7, 11) is 1.96. The molecule has 0 atom stereocenters. The zero-order chi connectivity index (χ0) is 22.6. The fourth-order valence-electron chi connectivity index (χ4n) is 3.17. The second kappa shape index (κ2) is 9.40. The van der Waals surface area contributed by atoms with Crippen LogP contribution in [0.4, 0.5) is 0 Å². The minimum absolute atomic E-state index is 0.206. The van der Waals surface area contributed by atoms with Gasteiger partial charge in [0.1, 0.15) is 30.6 Å². The van der Waals surface area contributed by atoms with Gasteiger partial charge in [0.05, 0.1) is 10.6 Å². The molecular weight excluding hydrogens is 427 g/mol. The molecule has 0 unspecified atom stereocenters. The van der Waals surface area contributed by atoms with Crippen LogP contribution in [0.5, 0.6) is 11.5 Å². The van der Waals surface area contributed by atoms with Gasteiger partial charge in [-0.15, -0.1) is 0 Å². The van der Waals surface area contributed by atoms with Gasteiger partial charge in [0.2, 0.25) is 5.91 Å². The molecule has 1 heterocycles. The van der Waals surface area contributed by atoms with Crippen molar-refractivity contribution in [2.75, 3.05) is 0 Å². The number of hydrogen-bond acceptors (Lipinski definition) is 5. The average Bonchev–Trinajstić information content (AvgIpc) is 3.61. The summed E-state index contributed by atoms with van der Waals surface area (Å²) < 4.78 is 5.85. The number of hydrogen-bond donors (Lipinski definition) is 2. The van der Waals surface area contributed by atoms with Crippen molar-refractivity contribution >= 4 is 36.2 Å². The number of aromatic nitrogens is 2. The van der Waals surface area contributed by atoms with E-state index in [2.05, 4.69) is 20.6 Å². The molecule has 32 heavy (non-hydrogen) atoms. The number of carbonyl (C=O) groups is 2. The number of carbonyl (C=O) groups excluding carboxylic acids is 2. The quantitative estimate of drug-likeness (QED) is 0.518. The second-order valence-corrected chi connectivity index (χ2v) is 7.98.